The molecule has 2 aromatic carbocycles. The van der Waals surface area contributed by atoms with Gasteiger partial charge in [0, 0.05) is 48.6 Å². The number of carbonyl (C=O) groups is 1. The molecule has 4 rings (SSSR count). The van der Waals surface area contributed by atoms with Crippen molar-refractivity contribution in [1.82, 2.24) is 9.29 Å². The van der Waals surface area contributed by atoms with Crippen molar-refractivity contribution in [3.05, 3.63) is 78.6 Å². The van der Waals surface area contributed by atoms with Gasteiger partial charge in [0.2, 0.25) is 10.0 Å². The third kappa shape index (κ3) is 4.91. The number of phenols is 1. The minimum absolute atomic E-state index is 0.0502. The number of aromatic hydroxyl groups is 1. The Hall–Kier alpha value is -3.23. The number of carboxylic acid groups (broad SMARTS) is 1. The summed E-state index contributed by atoms with van der Waals surface area (Å²) in [6.07, 6.45) is 8.04. The molecule has 1 aliphatic heterocycles. The van der Waals surface area contributed by atoms with Crippen molar-refractivity contribution in [2.75, 3.05) is 13.1 Å². The van der Waals surface area contributed by atoms with Crippen LogP contribution in [0.25, 0.3) is 10.8 Å². The molecule has 7 nitrogen and oxygen atoms in total. The number of phenolic OH excluding ortho intramolecular Hbond substituents is 1. The predicted octanol–water partition coefficient (Wildman–Crippen LogP) is 4.16. The standard InChI is InChI=1S/C25H26N2O5S/c28-23-10-5-4-9-21(23)22-17-27(16-19(22)7-2-1-3-12-25(29)30)33(31,32)24-11-6-8-18-15-26-14-13-20(18)24/h1-2,4-6,8-11,13-15,19,22,28H,3,7,12,16-17H2,(H,29,30)/b2-1-/t19-,22+/m1/s1. The van der Waals surface area contributed by atoms with Crippen molar-refractivity contribution >= 4 is 26.8 Å². The molecule has 2 atom stereocenters. The van der Waals surface area contributed by atoms with Crippen LogP contribution in [0.4, 0.5) is 0 Å². The first kappa shape index (κ1) is 22.9. The third-order valence-electron chi connectivity index (χ3n) is 6.13. The predicted molar refractivity (Wildman–Crippen MR) is 125 cm³/mol. The molecule has 1 saturated heterocycles. The number of hydrogen-bond acceptors (Lipinski definition) is 5. The highest BCUT2D eigenvalue weighted by Gasteiger charge is 2.40. The first-order valence-electron chi connectivity index (χ1n) is 10.9. The second kappa shape index (κ2) is 9.72. The summed E-state index contributed by atoms with van der Waals surface area (Å²) in [6.45, 7) is 0.571. The molecule has 0 bridgehead atoms. The SMILES string of the molecule is O=C(O)CC/C=C\C[C@@H]1CN(S(=O)(=O)c2cccc3cnccc23)C[C@@H]1c1ccccc1O. The minimum Gasteiger partial charge on any atom is -0.508 e. The van der Waals surface area contributed by atoms with Gasteiger partial charge >= 0.3 is 5.97 Å². The van der Waals surface area contributed by atoms with Crippen molar-refractivity contribution in [3.8, 4) is 5.75 Å². The number of aliphatic carboxylic acids is 1. The average Bonchev–Trinajstić information content (AvgIpc) is 3.23. The van der Waals surface area contributed by atoms with E-state index in [1.807, 2.05) is 30.4 Å². The van der Waals surface area contributed by atoms with Gasteiger partial charge in [-0.3, -0.25) is 9.78 Å². The molecule has 2 heterocycles. The summed E-state index contributed by atoms with van der Waals surface area (Å²) >= 11 is 0. The number of hydrogen-bond donors (Lipinski definition) is 2. The van der Waals surface area contributed by atoms with E-state index < -0.39 is 16.0 Å². The van der Waals surface area contributed by atoms with Crippen LogP contribution in [0.5, 0.6) is 5.75 Å². The van der Waals surface area contributed by atoms with Gasteiger partial charge in [0.15, 0.2) is 0 Å². The lowest BCUT2D eigenvalue weighted by Gasteiger charge is -2.18. The van der Waals surface area contributed by atoms with E-state index in [4.69, 9.17) is 5.11 Å². The van der Waals surface area contributed by atoms with Crippen LogP contribution in [-0.4, -0.2) is 47.0 Å². The molecule has 33 heavy (non-hydrogen) atoms. The Bertz CT molecular complexity index is 1280. The smallest absolute Gasteiger partial charge is 0.303 e. The maximum absolute atomic E-state index is 13.7. The summed E-state index contributed by atoms with van der Waals surface area (Å²) < 4.78 is 28.8. The number of para-hydroxylation sites is 1. The maximum Gasteiger partial charge on any atom is 0.303 e. The van der Waals surface area contributed by atoms with Crippen molar-refractivity contribution in [1.29, 1.82) is 0 Å². The molecule has 1 fully saturated rings. The van der Waals surface area contributed by atoms with E-state index in [-0.39, 0.29) is 35.4 Å². The van der Waals surface area contributed by atoms with Gasteiger partial charge in [-0.15, -0.1) is 0 Å². The lowest BCUT2D eigenvalue weighted by molar-refractivity contribution is -0.136. The first-order chi connectivity index (χ1) is 15.9. The van der Waals surface area contributed by atoms with Gasteiger partial charge in [-0.25, -0.2) is 8.42 Å². The molecule has 0 spiro atoms. The summed E-state index contributed by atoms with van der Waals surface area (Å²) in [7, 11) is -3.78. The molecule has 0 saturated carbocycles. The monoisotopic (exact) mass is 466 g/mol. The van der Waals surface area contributed by atoms with Crippen LogP contribution in [-0.2, 0) is 14.8 Å². The first-order valence-corrected chi connectivity index (χ1v) is 12.3. The largest absolute Gasteiger partial charge is 0.508 e. The number of fused-ring (bicyclic) bond motifs is 1. The fraction of sp³-hybridized carbons (Fsp3) is 0.280. The highest BCUT2D eigenvalue weighted by atomic mass is 32.2. The Kier molecular flexibility index (Phi) is 6.76. The number of sulfonamides is 1. The minimum atomic E-state index is -3.78. The number of carboxylic acids is 1. The molecular weight excluding hydrogens is 440 g/mol. The van der Waals surface area contributed by atoms with E-state index in [1.165, 1.54) is 4.31 Å². The molecule has 8 heteroatoms. The Balaban J connectivity index is 1.64. The zero-order chi connectivity index (χ0) is 23.4. The normalized spacial score (nSPS) is 19.4. The molecule has 172 valence electrons. The van der Waals surface area contributed by atoms with Crippen LogP contribution in [0.2, 0.25) is 0 Å². The summed E-state index contributed by atoms with van der Waals surface area (Å²) in [6, 6.07) is 13.9. The molecule has 1 aromatic heterocycles. The highest BCUT2D eigenvalue weighted by molar-refractivity contribution is 7.89. The average molecular weight is 467 g/mol. The lowest BCUT2D eigenvalue weighted by Crippen LogP contribution is -2.29. The number of benzene rings is 2. The molecular formula is C25H26N2O5S. The molecule has 2 N–H and O–H groups in total. The summed E-state index contributed by atoms with van der Waals surface area (Å²) in [5, 5.41) is 20.6. The van der Waals surface area contributed by atoms with Gasteiger partial charge < -0.3 is 10.2 Å². The fourth-order valence-corrected chi connectivity index (χ4v) is 6.21. The van der Waals surface area contributed by atoms with E-state index in [0.717, 1.165) is 10.9 Å². The topological polar surface area (TPSA) is 108 Å². The molecule has 0 amide bonds. The summed E-state index contributed by atoms with van der Waals surface area (Å²) in [5.74, 6) is -0.930. The second-order valence-corrected chi connectivity index (χ2v) is 10.1. The summed E-state index contributed by atoms with van der Waals surface area (Å²) in [4.78, 5) is 15.1. The Morgan fingerprint density at radius 2 is 1.91 bits per heavy atom. The number of pyridine rings is 1. The van der Waals surface area contributed by atoms with E-state index in [2.05, 4.69) is 4.98 Å². The third-order valence-corrected chi connectivity index (χ3v) is 8.02. The quantitative estimate of drug-likeness (QED) is 0.483. The molecule has 0 aliphatic carbocycles. The van der Waals surface area contributed by atoms with Gasteiger partial charge in [0.1, 0.15) is 5.75 Å². The van der Waals surface area contributed by atoms with Crippen molar-refractivity contribution in [2.45, 2.75) is 30.1 Å². The highest BCUT2D eigenvalue weighted by Crippen LogP contribution is 2.41. The van der Waals surface area contributed by atoms with E-state index in [1.54, 1.807) is 42.7 Å². The van der Waals surface area contributed by atoms with Crippen LogP contribution < -0.4 is 0 Å². The van der Waals surface area contributed by atoms with E-state index in [9.17, 15) is 18.3 Å². The van der Waals surface area contributed by atoms with E-state index in [0.29, 0.717) is 24.8 Å². The van der Waals surface area contributed by atoms with Crippen LogP contribution in [0.3, 0.4) is 0 Å². The fourth-order valence-electron chi connectivity index (χ4n) is 4.47. The second-order valence-electron chi connectivity index (χ2n) is 8.24. The van der Waals surface area contributed by atoms with Gasteiger partial charge in [-0.05, 0) is 42.5 Å². The van der Waals surface area contributed by atoms with Gasteiger partial charge in [-0.1, -0.05) is 42.5 Å². The van der Waals surface area contributed by atoms with Gasteiger partial charge in [0.05, 0.1) is 4.90 Å². The number of nitrogens with zero attached hydrogens (tertiary/aromatic N) is 2. The van der Waals surface area contributed by atoms with Crippen molar-refractivity contribution < 1.29 is 23.4 Å². The van der Waals surface area contributed by atoms with Crippen molar-refractivity contribution in [3.63, 3.8) is 0 Å². The molecule has 3 aromatic rings. The van der Waals surface area contributed by atoms with Gasteiger partial charge in [0.25, 0.3) is 0 Å². The lowest BCUT2D eigenvalue weighted by atomic mass is 9.86. The van der Waals surface area contributed by atoms with Crippen LogP contribution >= 0.6 is 0 Å². The number of allylic oxidation sites excluding steroid dienone is 2. The van der Waals surface area contributed by atoms with Crippen molar-refractivity contribution in [2.24, 2.45) is 5.92 Å². The summed E-state index contributed by atoms with van der Waals surface area (Å²) in [5.41, 5.74) is 0.723. The zero-order valence-corrected chi connectivity index (χ0v) is 18.9. The number of rotatable bonds is 8. The van der Waals surface area contributed by atoms with Crippen LogP contribution in [0.1, 0.15) is 30.7 Å². The molecule has 1 aliphatic rings. The van der Waals surface area contributed by atoms with Crippen LogP contribution in [0, 0.1) is 5.92 Å². The molecule has 0 unspecified atom stereocenters. The zero-order valence-electron chi connectivity index (χ0n) is 18.0. The molecule has 0 radical (unpaired) electrons. The van der Waals surface area contributed by atoms with E-state index >= 15 is 0 Å². The maximum atomic E-state index is 13.7. The Morgan fingerprint density at radius 1 is 1.09 bits per heavy atom. The Labute approximate surface area is 193 Å². The number of aromatic nitrogens is 1. The van der Waals surface area contributed by atoms with Gasteiger partial charge in [-0.2, -0.15) is 4.31 Å². The Morgan fingerprint density at radius 3 is 2.70 bits per heavy atom. The van der Waals surface area contributed by atoms with Crippen LogP contribution in [0.15, 0.2) is 78.0 Å².